The van der Waals surface area contributed by atoms with Crippen LogP contribution in [0.2, 0.25) is 0 Å². The third-order valence-electron chi connectivity index (χ3n) is 2.44. The summed E-state index contributed by atoms with van der Waals surface area (Å²) in [6.45, 7) is 1.81. The minimum Gasteiger partial charge on any atom is -0.378 e. The zero-order valence-corrected chi connectivity index (χ0v) is 8.48. The zero-order valence-electron chi connectivity index (χ0n) is 8.48. The lowest BCUT2D eigenvalue weighted by atomic mass is 10.1. The van der Waals surface area contributed by atoms with Crippen molar-refractivity contribution in [1.29, 1.82) is 0 Å². The van der Waals surface area contributed by atoms with Gasteiger partial charge in [0.2, 0.25) is 5.82 Å². The van der Waals surface area contributed by atoms with Crippen molar-refractivity contribution >= 4 is 5.69 Å². The van der Waals surface area contributed by atoms with E-state index in [-0.39, 0.29) is 0 Å². The Morgan fingerprint density at radius 1 is 1.56 bits per heavy atom. The highest BCUT2D eigenvalue weighted by Gasteiger charge is 2.18. The Morgan fingerprint density at radius 3 is 2.81 bits per heavy atom. The average Bonchev–Trinajstić information content (AvgIpc) is 2.14. The van der Waals surface area contributed by atoms with Crippen molar-refractivity contribution in [2.24, 2.45) is 0 Å². The second-order valence-corrected chi connectivity index (χ2v) is 3.66. The van der Waals surface area contributed by atoms with Crippen LogP contribution in [0.25, 0.3) is 0 Å². The molecule has 5 nitrogen and oxygen atoms in total. The summed E-state index contributed by atoms with van der Waals surface area (Å²) < 4.78 is 18.2. The lowest BCUT2D eigenvalue weighted by molar-refractivity contribution is -0.387. The first-order valence-corrected chi connectivity index (χ1v) is 4.91. The van der Waals surface area contributed by atoms with Gasteiger partial charge in [-0.3, -0.25) is 10.1 Å². The molecule has 0 spiro atoms. The van der Waals surface area contributed by atoms with Crippen molar-refractivity contribution < 1.29 is 14.1 Å². The third kappa shape index (κ3) is 2.34. The Morgan fingerprint density at radius 2 is 2.31 bits per heavy atom. The van der Waals surface area contributed by atoms with Crippen LogP contribution in [-0.4, -0.2) is 24.2 Å². The number of nitrogens with one attached hydrogen (secondary N) is 1. The molecule has 6 heteroatoms. The molecule has 0 aliphatic carbocycles. The molecule has 1 aromatic carbocycles. The van der Waals surface area contributed by atoms with Crippen molar-refractivity contribution in [1.82, 2.24) is 5.32 Å². The number of hydrogen-bond acceptors (Lipinski definition) is 4. The summed E-state index contributed by atoms with van der Waals surface area (Å²) in [7, 11) is 0. The molecular weight excluding hydrogens is 215 g/mol. The minimum atomic E-state index is -0.797. The van der Waals surface area contributed by atoms with E-state index in [4.69, 9.17) is 4.74 Å². The Bertz CT molecular complexity index is 407. The van der Waals surface area contributed by atoms with E-state index in [0.29, 0.717) is 31.4 Å². The van der Waals surface area contributed by atoms with Gasteiger partial charge in [0.1, 0.15) is 0 Å². The molecule has 16 heavy (non-hydrogen) atoms. The van der Waals surface area contributed by atoms with Crippen molar-refractivity contribution in [2.75, 3.05) is 13.2 Å². The number of rotatable bonds is 4. The number of nitro groups is 1. The highest BCUT2D eigenvalue weighted by Crippen LogP contribution is 2.18. The molecule has 0 radical (unpaired) electrons. The lowest BCUT2D eigenvalue weighted by Crippen LogP contribution is -2.45. The van der Waals surface area contributed by atoms with Crippen LogP contribution in [0.5, 0.6) is 0 Å². The van der Waals surface area contributed by atoms with Crippen LogP contribution in [0.1, 0.15) is 5.56 Å². The maximum Gasteiger partial charge on any atom is 0.304 e. The first-order valence-electron chi connectivity index (χ1n) is 4.91. The molecule has 0 amide bonds. The van der Waals surface area contributed by atoms with E-state index >= 15 is 0 Å². The summed E-state index contributed by atoms with van der Waals surface area (Å²) in [5, 5.41) is 13.5. The quantitative estimate of drug-likeness (QED) is 0.619. The Labute approximate surface area is 91.4 Å². The molecule has 0 unspecified atom stereocenters. The fraction of sp³-hybridized carbons (Fsp3) is 0.400. The van der Waals surface area contributed by atoms with Crippen LogP contribution in [0, 0.1) is 15.9 Å². The number of halogens is 1. The van der Waals surface area contributed by atoms with E-state index < -0.39 is 16.4 Å². The van der Waals surface area contributed by atoms with Crippen LogP contribution < -0.4 is 5.32 Å². The Balaban J connectivity index is 1.99. The normalized spacial score (nSPS) is 15.8. The molecule has 1 aliphatic rings. The second-order valence-electron chi connectivity index (χ2n) is 3.66. The minimum absolute atomic E-state index is 0.304. The molecule has 1 N–H and O–H groups in total. The Hall–Kier alpha value is -1.53. The van der Waals surface area contributed by atoms with Gasteiger partial charge in [-0.1, -0.05) is 6.07 Å². The van der Waals surface area contributed by atoms with Crippen LogP contribution in [0.3, 0.4) is 0 Å². The number of benzene rings is 1. The standard InChI is InChI=1S/C10H11FN2O3/c11-9-3-7(1-2-10(9)13(14)15)4-12-8-5-16-6-8/h1-3,8,12H,4-6H2. The molecule has 0 saturated carbocycles. The van der Waals surface area contributed by atoms with Gasteiger partial charge in [0.25, 0.3) is 0 Å². The van der Waals surface area contributed by atoms with Gasteiger partial charge in [0.15, 0.2) is 0 Å². The molecule has 0 aromatic heterocycles. The van der Waals surface area contributed by atoms with Crippen molar-refractivity contribution in [3.05, 3.63) is 39.7 Å². The fourth-order valence-corrected chi connectivity index (χ4v) is 1.42. The van der Waals surface area contributed by atoms with Crippen LogP contribution >= 0.6 is 0 Å². The van der Waals surface area contributed by atoms with Crippen molar-refractivity contribution in [3.63, 3.8) is 0 Å². The number of ether oxygens (including phenoxy) is 1. The van der Waals surface area contributed by atoms with Gasteiger partial charge in [-0.05, 0) is 11.6 Å². The number of hydrogen-bond donors (Lipinski definition) is 1. The van der Waals surface area contributed by atoms with E-state index in [1.807, 2.05) is 0 Å². The van der Waals surface area contributed by atoms with Crippen molar-refractivity contribution in [2.45, 2.75) is 12.6 Å². The zero-order chi connectivity index (χ0) is 11.5. The molecular formula is C10H11FN2O3. The summed E-state index contributed by atoms with van der Waals surface area (Å²) in [4.78, 5) is 9.66. The summed E-state index contributed by atoms with van der Waals surface area (Å²) in [5.74, 6) is -0.797. The number of nitro benzene ring substituents is 1. The second kappa shape index (κ2) is 4.54. The molecule has 86 valence electrons. The monoisotopic (exact) mass is 226 g/mol. The fourth-order valence-electron chi connectivity index (χ4n) is 1.42. The van der Waals surface area contributed by atoms with Crippen LogP contribution in [-0.2, 0) is 11.3 Å². The van der Waals surface area contributed by atoms with E-state index in [1.165, 1.54) is 12.1 Å². The SMILES string of the molecule is O=[N+]([O-])c1ccc(CNC2COC2)cc1F. The van der Waals surface area contributed by atoms with Gasteiger partial charge >= 0.3 is 5.69 Å². The van der Waals surface area contributed by atoms with E-state index in [2.05, 4.69) is 5.32 Å². The van der Waals surface area contributed by atoms with Gasteiger partial charge in [-0.15, -0.1) is 0 Å². The number of nitrogens with zero attached hydrogens (tertiary/aromatic N) is 1. The average molecular weight is 226 g/mol. The molecule has 0 bridgehead atoms. The summed E-state index contributed by atoms with van der Waals surface area (Å²) in [5.41, 5.74) is 0.200. The molecule has 1 aromatic rings. The molecule has 1 saturated heterocycles. The maximum absolute atomic E-state index is 13.2. The van der Waals surface area contributed by atoms with E-state index in [9.17, 15) is 14.5 Å². The first kappa shape index (κ1) is 11.0. The van der Waals surface area contributed by atoms with Crippen LogP contribution in [0.4, 0.5) is 10.1 Å². The van der Waals surface area contributed by atoms with Crippen LogP contribution in [0.15, 0.2) is 18.2 Å². The molecule has 0 atom stereocenters. The topological polar surface area (TPSA) is 64.4 Å². The lowest BCUT2D eigenvalue weighted by Gasteiger charge is -2.26. The highest BCUT2D eigenvalue weighted by molar-refractivity contribution is 5.34. The van der Waals surface area contributed by atoms with Gasteiger partial charge in [0, 0.05) is 12.6 Å². The Kier molecular flexibility index (Phi) is 3.12. The summed E-state index contributed by atoms with van der Waals surface area (Å²) >= 11 is 0. The molecule has 2 rings (SSSR count). The molecule has 1 fully saturated rings. The smallest absolute Gasteiger partial charge is 0.304 e. The summed E-state index contributed by atoms with van der Waals surface area (Å²) in [6, 6.07) is 4.22. The largest absolute Gasteiger partial charge is 0.378 e. The van der Waals surface area contributed by atoms with Gasteiger partial charge in [0.05, 0.1) is 24.2 Å². The van der Waals surface area contributed by atoms with E-state index in [0.717, 1.165) is 0 Å². The first-order chi connectivity index (χ1) is 7.66. The van der Waals surface area contributed by atoms with E-state index in [1.54, 1.807) is 6.07 Å². The summed E-state index contributed by atoms with van der Waals surface area (Å²) in [6.07, 6.45) is 0. The predicted molar refractivity (Wildman–Crippen MR) is 54.5 cm³/mol. The van der Waals surface area contributed by atoms with Crippen molar-refractivity contribution in [3.8, 4) is 0 Å². The van der Waals surface area contributed by atoms with Gasteiger partial charge in [-0.25, -0.2) is 0 Å². The maximum atomic E-state index is 13.2. The molecule has 1 heterocycles. The van der Waals surface area contributed by atoms with Gasteiger partial charge < -0.3 is 10.1 Å². The molecule has 1 aliphatic heterocycles. The van der Waals surface area contributed by atoms with Gasteiger partial charge in [-0.2, -0.15) is 4.39 Å². The third-order valence-corrected chi connectivity index (χ3v) is 2.44. The predicted octanol–water partition coefficient (Wildman–Crippen LogP) is 1.22. The highest BCUT2D eigenvalue weighted by atomic mass is 19.1.